The molecule has 0 atom stereocenters. The van der Waals surface area contributed by atoms with E-state index in [4.69, 9.17) is 4.74 Å². The van der Waals surface area contributed by atoms with Gasteiger partial charge in [0.2, 0.25) is 0 Å². The lowest BCUT2D eigenvalue weighted by atomic mass is 9.97. The molecule has 20 heavy (non-hydrogen) atoms. The average molecular weight is 283 g/mol. The lowest BCUT2D eigenvalue weighted by Gasteiger charge is -2.33. The van der Waals surface area contributed by atoms with Gasteiger partial charge in [-0.2, -0.15) is 0 Å². The highest BCUT2D eigenvalue weighted by atomic mass is 16.5. The highest BCUT2D eigenvalue weighted by molar-refractivity contribution is 5.80. The Labute approximate surface area is 122 Å². The molecule has 0 aliphatic carbocycles. The fourth-order valence-electron chi connectivity index (χ4n) is 2.47. The molecule has 1 rings (SSSR count). The van der Waals surface area contributed by atoms with Crippen molar-refractivity contribution in [3.63, 3.8) is 0 Å². The maximum Gasteiger partial charge on any atom is 0.308 e. The molecule has 0 aromatic heterocycles. The van der Waals surface area contributed by atoms with Crippen LogP contribution in [-0.2, 0) is 9.53 Å². The number of methoxy groups -OCH3 is 1. The van der Waals surface area contributed by atoms with E-state index >= 15 is 0 Å². The van der Waals surface area contributed by atoms with Gasteiger partial charge in [-0.15, -0.1) is 0 Å². The molecule has 1 fully saturated rings. The van der Waals surface area contributed by atoms with Gasteiger partial charge >= 0.3 is 5.97 Å². The summed E-state index contributed by atoms with van der Waals surface area (Å²) in [6.07, 6.45) is 5.30. The van der Waals surface area contributed by atoms with Crippen molar-refractivity contribution < 1.29 is 9.53 Å². The third-order valence-corrected chi connectivity index (χ3v) is 3.69. The van der Waals surface area contributed by atoms with Crippen LogP contribution >= 0.6 is 0 Å². The van der Waals surface area contributed by atoms with Gasteiger partial charge in [0.05, 0.1) is 13.0 Å². The van der Waals surface area contributed by atoms with Crippen LogP contribution in [0.25, 0.3) is 0 Å². The number of guanidine groups is 1. The monoisotopic (exact) mass is 283 g/mol. The first-order chi connectivity index (χ1) is 9.72. The van der Waals surface area contributed by atoms with Crippen molar-refractivity contribution in [1.82, 2.24) is 10.2 Å². The number of hydrogen-bond donors (Lipinski definition) is 1. The van der Waals surface area contributed by atoms with Crippen molar-refractivity contribution >= 4 is 11.9 Å². The molecule has 0 bridgehead atoms. The number of carbonyl (C=O) groups excluding carboxylic acids is 1. The van der Waals surface area contributed by atoms with Crippen molar-refractivity contribution in [2.45, 2.75) is 46.0 Å². The Morgan fingerprint density at radius 2 is 2.00 bits per heavy atom. The standard InChI is InChI=1S/C15H29N3O2/c1-4-6-7-10-17-15(16-5-2)18-11-8-13(9-12-18)14(19)20-3/h13H,4-12H2,1-3H3,(H,16,17). The van der Waals surface area contributed by atoms with E-state index in [2.05, 4.69) is 29.1 Å². The smallest absolute Gasteiger partial charge is 0.308 e. The topological polar surface area (TPSA) is 53.9 Å². The van der Waals surface area contributed by atoms with E-state index < -0.39 is 0 Å². The maximum absolute atomic E-state index is 11.5. The Bertz CT molecular complexity index is 310. The minimum atomic E-state index is -0.0745. The van der Waals surface area contributed by atoms with Crippen molar-refractivity contribution in [2.75, 3.05) is 33.3 Å². The predicted octanol–water partition coefficient (Wildman–Crippen LogP) is 2.03. The van der Waals surface area contributed by atoms with Gasteiger partial charge in [0, 0.05) is 26.2 Å². The molecule has 116 valence electrons. The molecule has 0 radical (unpaired) electrons. The average Bonchev–Trinajstić information content (AvgIpc) is 2.50. The number of ether oxygens (including phenoxy) is 1. The number of unbranched alkanes of at least 4 members (excludes halogenated alkanes) is 2. The van der Waals surface area contributed by atoms with Gasteiger partial charge in [-0.3, -0.25) is 9.79 Å². The first-order valence-corrected chi connectivity index (χ1v) is 7.84. The van der Waals surface area contributed by atoms with Crippen LogP contribution in [0.15, 0.2) is 4.99 Å². The summed E-state index contributed by atoms with van der Waals surface area (Å²) < 4.78 is 4.82. The van der Waals surface area contributed by atoms with Crippen LogP contribution in [0.1, 0.15) is 46.0 Å². The quantitative estimate of drug-likeness (QED) is 0.351. The third kappa shape index (κ3) is 5.39. The number of hydrogen-bond acceptors (Lipinski definition) is 3. The summed E-state index contributed by atoms with van der Waals surface area (Å²) in [6.45, 7) is 7.80. The van der Waals surface area contributed by atoms with Crippen LogP contribution in [0.4, 0.5) is 0 Å². The van der Waals surface area contributed by atoms with Crippen LogP contribution in [-0.4, -0.2) is 50.1 Å². The number of aliphatic imine (C=N–C) groups is 1. The van der Waals surface area contributed by atoms with E-state index in [9.17, 15) is 4.79 Å². The molecule has 0 saturated carbocycles. The summed E-state index contributed by atoms with van der Waals surface area (Å²) in [7, 11) is 1.47. The van der Waals surface area contributed by atoms with Crippen LogP contribution < -0.4 is 5.32 Å². The van der Waals surface area contributed by atoms with Crippen LogP contribution in [0.5, 0.6) is 0 Å². The molecule has 1 heterocycles. The van der Waals surface area contributed by atoms with Crippen molar-refractivity contribution in [1.29, 1.82) is 0 Å². The summed E-state index contributed by atoms with van der Waals surface area (Å²) >= 11 is 0. The molecular formula is C15H29N3O2. The number of carbonyl (C=O) groups is 1. The molecule has 0 aromatic carbocycles. The van der Waals surface area contributed by atoms with E-state index in [0.717, 1.165) is 51.4 Å². The first kappa shape index (κ1) is 16.8. The largest absolute Gasteiger partial charge is 0.469 e. The van der Waals surface area contributed by atoms with E-state index in [1.165, 1.54) is 20.0 Å². The summed E-state index contributed by atoms with van der Waals surface area (Å²) in [5.74, 6) is 0.973. The maximum atomic E-state index is 11.5. The zero-order chi connectivity index (χ0) is 14.8. The van der Waals surface area contributed by atoms with E-state index in [1.54, 1.807) is 0 Å². The highest BCUT2D eigenvalue weighted by Crippen LogP contribution is 2.18. The molecule has 1 N–H and O–H groups in total. The minimum Gasteiger partial charge on any atom is -0.469 e. The number of rotatable bonds is 6. The molecule has 5 nitrogen and oxygen atoms in total. The molecule has 0 spiro atoms. The third-order valence-electron chi connectivity index (χ3n) is 3.69. The van der Waals surface area contributed by atoms with Crippen LogP contribution in [0, 0.1) is 5.92 Å². The number of nitrogens with one attached hydrogen (secondary N) is 1. The second-order valence-corrected chi connectivity index (χ2v) is 5.23. The van der Waals surface area contributed by atoms with Crippen molar-refractivity contribution in [3.8, 4) is 0 Å². The molecule has 1 aliphatic heterocycles. The van der Waals surface area contributed by atoms with Gasteiger partial charge in [0.25, 0.3) is 0 Å². The summed E-state index contributed by atoms with van der Waals surface area (Å²) in [5.41, 5.74) is 0. The van der Waals surface area contributed by atoms with Crippen LogP contribution in [0.3, 0.4) is 0 Å². The summed E-state index contributed by atoms with van der Waals surface area (Å²) in [6, 6.07) is 0. The molecule has 5 heteroatoms. The van der Waals surface area contributed by atoms with Gasteiger partial charge in [-0.05, 0) is 26.2 Å². The molecule has 0 unspecified atom stereocenters. The second kappa shape index (κ2) is 9.61. The molecular weight excluding hydrogens is 254 g/mol. The lowest BCUT2D eigenvalue weighted by Crippen LogP contribution is -2.46. The highest BCUT2D eigenvalue weighted by Gasteiger charge is 2.26. The van der Waals surface area contributed by atoms with E-state index in [1.807, 2.05) is 0 Å². The van der Waals surface area contributed by atoms with Crippen molar-refractivity contribution in [3.05, 3.63) is 0 Å². The van der Waals surface area contributed by atoms with E-state index in [-0.39, 0.29) is 11.9 Å². The zero-order valence-corrected chi connectivity index (χ0v) is 13.2. The Balaban J connectivity index is 2.46. The Morgan fingerprint density at radius 1 is 1.30 bits per heavy atom. The Kier molecular flexibility index (Phi) is 8.07. The van der Waals surface area contributed by atoms with Gasteiger partial charge in [0.15, 0.2) is 5.96 Å². The lowest BCUT2D eigenvalue weighted by molar-refractivity contribution is -0.146. The molecule has 0 amide bonds. The number of esters is 1. The summed E-state index contributed by atoms with van der Waals surface area (Å²) in [4.78, 5) is 18.5. The number of nitrogens with zero attached hydrogens (tertiary/aromatic N) is 2. The Hall–Kier alpha value is -1.26. The normalized spacial score (nSPS) is 17.1. The fraction of sp³-hybridized carbons (Fsp3) is 0.867. The van der Waals surface area contributed by atoms with Crippen molar-refractivity contribution in [2.24, 2.45) is 10.9 Å². The zero-order valence-electron chi connectivity index (χ0n) is 13.2. The van der Waals surface area contributed by atoms with Gasteiger partial charge < -0.3 is 15.0 Å². The van der Waals surface area contributed by atoms with Crippen LogP contribution in [0.2, 0.25) is 0 Å². The van der Waals surface area contributed by atoms with Gasteiger partial charge in [-0.25, -0.2) is 0 Å². The predicted molar refractivity (Wildman–Crippen MR) is 81.8 cm³/mol. The van der Waals surface area contributed by atoms with Gasteiger partial charge in [0.1, 0.15) is 0 Å². The van der Waals surface area contributed by atoms with Gasteiger partial charge in [-0.1, -0.05) is 19.8 Å². The van der Waals surface area contributed by atoms with E-state index in [0.29, 0.717) is 0 Å². The Morgan fingerprint density at radius 3 is 2.55 bits per heavy atom. The first-order valence-electron chi connectivity index (χ1n) is 7.84. The molecule has 1 aliphatic rings. The minimum absolute atomic E-state index is 0.0548. The SMILES string of the molecule is CCCCCN=C(NCC)N1CCC(C(=O)OC)CC1. The number of likely N-dealkylation sites (tertiary alicyclic amines) is 1. The molecule has 1 saturated heterocycles. The second-order valence-electron chi connectivity index (χ2n) is 5.23. The summed E-state index contributed by atoms with van der Waals surface area (Å²) in [5, 5.41) is 3.35. The molecule has 0 aromatic rings. The fourth-order valence-corrected chi connectivity index (χ4v) is 2.47. The number of piperidine rings is 1.